The molecule has 1 aromatic carbocycles. The summed E-state index contributed by atoms with van der Waals surface area (Å²) < 4.78 is 0. The zero-order chi connectivity index (χ0) is 16.7. The Morgan fingerprint density at radius 2 is 2.17 bits per heavy atom. The summed E-state index contributed by atoms with van der Waals surface area (Å²) in [5.74, 6) is 0.920. The predicted molar refractivity (Wildman–Crippen MR) is 95.5 cm³/mol. The zero-order valence-electron chi connectivity index (χ0n) is 14.6. The maximum Gasteiger partial charge on any atom is 0.194 e. The van der Waals surface area contributed by atoms with E-state index >= 15 is 0 Å². The Balaban J connectivity index is 1.89. The van der Waals surface area contributed by atoms with E-state index < -0.39 is 0 Å². The molecule has 1 fully saturated rings. The number of benzene rings is 1. The molecular formula is C18H30N4O. The van der Waals surface area contributed by atoms with Gasteiger partial charge in [0.15, 0.2) is 5.96 Å². The molecule has 2 atom stereocenters. The molecule has 1 aromatic rings. The van der Waals surface area contributed by atoms with Crippen LogP contribution in [0.15, 0.2) is 35.3 Å². The second-order valence-corrected chi connectivity index (χ2v) is 6.33. The number of likely N-dealkylation sites (tertiary alicyclic amines) is 1. The molecular weight excluding hydrogens is 288 g/mol. The summed E-state index contributed by atoms with van der Waals surface area (Å²) in [4.78, 5) is 9.24. The molecule has 0 amide bonds. The van der Waals surface area contributed by atoms with Crippen LogP contribution in [0.5, 0.6) is 0 Å². The number of nitrogens with one attached hydrogen (secondary N) is 1. The lowest BCUT2D eigenvalue weighted by Gasteiger charge is -2.25. The van der Waals surface area contributed by atoms with Crippen molar-refractivity contribution in [2.75, 3.05) is 33.2 Å². The fourth-order valence-electron chi connectivity index (χ4n) is 2.75. The maximum absolute atomic E-state index is 9.71. The van der Waals surface area contributed by atoms with Gasteiger partial charge in [-0.3, -0.25) is 9.89 Å². The summed E-state index contributed by atoms with van der Waals surface area (Å²) >= 11 is 0. The number of β-amino-alcohol motifs (C(OH)–C–C–N with tert-alkyl or cyclic N) is 1. The Labute approximate surface area is 140 Å². The van der Waals surface area contributed by atoms with Gasteiger partial charge in [-0.15, -0.1) is 0 Å². The highest BCUT2D eigenvalue weighted by atomic mass is 16.3. The Kier molecular flexibility index (Phi) is 6.86. The number of aliphatic hydroxyl groups is 1. The van der Waals surface area contributed by atoms with Crippen molar-refractivity contribution >= 4 is 5.96 Å². The van der Waals surface area contributed by atoms with E-state index in [0.717, 1.165) is 38.6 Å². The number of rotatable bonds is 6. The highest BCUT2D eigenvalue weighted by Crippen LogP contribution is 2.10. The van der Waals surface area contributed by atoms with Crippen LogP contribution in [-0.2, 0) is 6.54 Å². The van der Waals surface area contributed by atoms with Crippen LogP contribution in [-0.4, -0.2) is 66.2 Å². The average Bonchev–Trinajstić information content (AvgIpc) is 2.98. The summed E-state index contributed by atoms with van der Waals surface area (Å²) in [6, 6.07) is 10.9. The van der Waals surface area contributed by atoms with Crippen LogP contribution in [0.4, 0.5) is 0 Å². The lowest BCUT2D eigenvalue weighted by molar-refractivity contribution is 0.187. The molecule has 0 aliphatic carbocycles. The molecule has 1 aliphatic heterocycles. The Morgan fingerprint density at radius 3 is 2.78 bits per heavy atom. The number of nitrogens with zero attached hydrogens (tertiary/aromatic N) is 3. The SMILES string of the molecule is CCNC(=NCC(C)N(C)Cc1ccccc1)N1CC[C@@H](O)C1. The van der Waals surface area contributed by atoms with Gasteiger partial charge in [0.2, 0.25) is 0 Å². The summed E-state index contributed by atoms with van der Waals surface area (Å²) in [6.07, 6.45) is 0.602. The summed E-state index contributed by atoms with van der Waals surface area (Å²) in [5, 5.41) is 13.0. The van der Waals surface area contributed by atoms with Crippen molar-refractivity contribution in [3.8, 4) is 0 Å². The fraction of sp³-hybridized carbons (Fsp3) is 0.611. The van der Waals surface area contributed by atoms with Crippen LogP contribution in [0.25, 0.3) is 0 Å². The standard InChI is InChI=1S/C18H30N4O/c1-4-19-18(22-11-10-17(23)14-22)20-12-15(2)21(3)13-16-8-6-5-7-9-16/h5-9,15,17,23H,4,10-14H2,1-3H3,(H,19,20)/t15?,17-/m1/s1. The molecule has 128 valence electrons. The van der Waals surface area contributed by atoms with Crippen molar-refractivity contribution < 1.29 is 5.11 Å². The van der Waals surface area contributed by atoms with E-state index in [1.54, 1.807) is 0 Å². The smallest absolute Gasteiger partial charge is 0.194 e. The molecule has 1 unspecified atom stereocenters. The predicted octanol–water partition coefficient (Wildman–Crippen LogP) is 1.54. The Morgan fingerprint density at radius 1 is 1.43 bits per heavy atom. The first-order valence-electron chi connectivity index (χ1n) is 8.55. The molecule has 1 heterocycles. The van der Waals surface area contributed by atoms with Crippen molar-refractivity contribution in [1.82, 2.24) is 15.1 Å². The van der Waals surface area contributed by atoms with E-state index in [9.17, 15) is 5.11 Å². The number of hydrogen-bond donors (Lipinski definition) is 2. The molecule has 5 heteroatoms. The van der Waals surface area contributed by atoms with Gasteiger partial charge >= 0.3 is 0 Å². The van der Waals surface area contributed by atoms with Crippen LogP contribution >= 0.6 is 0 Å². The van der Waals surface area contributed by atoms with Gasteiger partial charge in [-0.25, -0.2) is 0 Å². The van der Waals surface area contributed by atoms with Crippen molar-refractivity contribution in [2.45, 2.75) is 39.0 Å². The molecule has 2 N–H and O–H groups in total. The Hall–Kier alpha value is -1.59. The van der Waals surface area contributed by atoms with Gasteiger partial charge in [-0.1, -0.05) is 30.3 Å². The van der Waals surface area contributed by atoms with Crippen molar-refractivity contribution in [2.24, 2.45) is 4.99 Å². The second-order valence-electron chi connectivity index (χ2n) is 6.33. The van der Waals surface area contributed by atoms with E-state index in [2.05, 4.69) is 60.3 Å². The van der Waals surface area contributed by atoms with Crippen LogP contribution < -0.4 is 5.32 Å². The van der Waals surface area contributed by atoms with Gasteiger partial charge in [0, 0.05) is 32.2 Å². The van der Waals surface area contributed by atoms with Crippen molar-refractivity contribution in [3.05, 3.63) is 35.9 Å². The van der Waals surface area contributed by atoms with Crippen LogP contribution in [0.1, 0.15) is 25.8 Å². The van der Waals surface area contributed by atoms with Gasteiger partial charge in [0.25, 0.3) is 0 Å². The average molecular weight is 318 g/mol. The van der Waals surface area contributed by atoms with Crippen LogP contribution in [0.2, 0.25) is 0 Å². The Bertz CT molecular complexity index is 491. The van der Waals surface area contributed by atoms with E-state index in [-0.39, 0.29) is 6.10 Å². The number of aliphatic imine (C=N–C) groups is 1. The number of aliphatic hydroxyl groups excluding tert-OH is 1. The summed E-state index contributed by atoms with van der Waals surface area (Å²) in [7, 11) is 2.14. The van der Waals surface area contributed by atoms with E-state index in [0.29, 0.717) is 12.6 Å². The molecule has 0 spiro atoms. The highest BCUT2D eigenvalue weighted by molar-refractivity contribution is 5.80. The monoisotopic (exact) mass is 318 g/mol. The highest BCUT2D eigenvalue weighted by Gasteiger charge is 2.23. The molecule has 1 saturated heterocycles. The third-order valence-corrected chi connectivity index (χ3v) is 4.33. The molecule has 5 nitrogen and oxygen atoms in total. The molecule has 0 saturated carbocycles. The van der Waals surface area contributed by atoms with E-state index in [1.165, 1.54) is 5.56 Å². The third-order valence-electron chi connectivity index (χ3n) is 4.33. The molecule has 0 bridgehead atoms. The van der Waals surface area contributed by atoms with Crippen molar-refractivity contribution in [3.63, 3.8) is 0 Å². The fourth-order valence-corrected chi connectivity index (χ4v) is 2.75. The topological polar surface area (TPSA) is 51.1 Å². The summed E-state index contributed by atoms with van der Waals surface area (Å²) in [5.41, 5.74) is 1.32. The number of hydrogen-bond acceptors (Lipinski definition) is 3. The minimum atomic E-state index is -0.225. The largest absolute Gasteiger partial charge is 0.391 e. The molecule has 1 aliphatic rings. The van der Waals surface area contributed by atoms with Gasteiger partial charge in [-0.2, -0.15) is 0 Å². The molecule has 0 radical (unpaired) electrons. The van der Waals surface area contributed by atoms with Gasteiger partial charge in [-0.05, 0) is 32.9 Å². The first kappa shape index (κ1) is 17.8. The zero-order valence-corrected chi connectivity index (χ0v) is 14.6. The lowest BCUT2D eigenvalue weighted by Crippen LogP contribution is -2.41. The quantitative estimate of drug-likeness (QED) is 0.617. The normalized spacial score (nSPS) is 20.1. The first-order valence-corrected chi connectivity index (χ1v) is 8.55. The minimum Gasteiger partial charge on any atom is -0.391 e. The molecule has 0 aromatic heterocycles. The van der Waals surface area contributed by atoms with Gasteiger partial charge in [0.05, 0.1) is 12.6 Å². The summed E-state index contributed by atoms with van der Waals surface area (Å²) in [6.45, 7) is 8.36. The number of guanidine groups is 1. The van der Waals surface area contributed by atoms with Crippen LogP contribution in [0, 0.1) is 0 Å². The van der Waals surface area contributed by atoms with E-state index in [4.69, 9.17) is 4.99 Å². The third kappa shape index (κ3) is 5.52. The lowest BCUT2D eigenvalue weighted by atomic mass is 10.2. The molecule has 23 heavy (non-hydrogen) atoms. The van der Waals surface area contributed by atoms with Gasteiger partial charge < -0.3 is 15.3 Å². The van der Waals surface area contributed by atoms with Crippen LogP contribution in [0.3, 0.4) is 0 Å². The van der Waals surface area contributed by atoms with Crippen molar-refractivity contribution in [1.29, 1.82) is 0 Å². The van der Waals surface area contributed by atoms with Gasteiger partial charge in [0.1, 0.15) is 0 Å². The maximum atomic E-state index is 9.71. The number of likely N-dealkylation sites (N-methyl/N-ethyl adjacent to an activating group) is 1. The minimum absolute atomic E-state index is 0.225. The first-order chi connectivity index (χ1) is 11.1. The second kappa shape index (κ2) is 8.89. The van der Waals surface area contributed by atoms with E-state index in [1.807, 2.05) is 6.07 Å². The molecule has 2 rings (SSSR count).